The van der Waals surface area contributed by atoms with Crippen molar-refractivity contribution in [3.8, 4) is 0 Å². The van der Waals surface area contributed by atoms with Crippen LogP contribution in [-0.2, 0) is 0 Å². The van der Waals surface area contributed by atoms with Gasteiger partial charge in [0.25, 0.3) is 0 Å². The van der Waals surface area contributed by atoms with Crippen LogP contribution in [0.3, 0.4) is 0 Å². The van der Waals surface area contributed by atoms with Crippen LogP contribution >= 0.6 is 0 Å². The standard InChI is InChI=1S/C24H49NO2/c1-2-3-4-5-6-7-8-9-10-11-12-13-14-15-16-19-24(25,20-17-22-26)21-18-23-27/h9-10,26-27H,2-8,11-23,25H2,1H3/b10-9-. The third-order valence-corrected chi connectivity index (χ3v) is 5.60. The monoisotopic (exact) mass is 383 g/mol. The Balaban J connectivity index is 3.52. The summed E-state index contributed by atoms with van der Waals surface area (Å²) in [6.07, 6.45) is 26.2. The lowest BCUT2D eigenvalue weighted by Gasteiger charge is -2.29. The minimum Gasteiger partial charge on any atom is -0.396 e. The Morgan fingerprint density at radius 3 is 1.48 bits per heavy atom. The van der Waals surface area contributed by atoms with Gasteiger partial charge in [0.05, 0.1) is 0 Å². The Labute approximate surface area is 169 Å². The average molecular weight is 384 g/mol. The first-order chi connectivity index (χ1) is 13.2. The molecule has 0 saturated carbocycles. The summed E-state index contributed by atoms with van der Waals surface area (Å²) in [6.45, 7) is 2.70. The quantitative estimate of drug-likeness (QED) is 0.162. The van der Waals surface area contributed by atoms with Crippen molar-refractivity contribution < 1.29 is 10.2 Å². The fourth-order valence-electron chi connectivity index (χ4n) is 3.79. The smallest absolute Gasteiger partial charge is 0.0431 e. The van der Waals surface area contributed by atoms with Crippen LogP contribution < -0.4 is 5.73 Å². The van der Waals surface area contributed by atoms with E-state index in [0.29, 0.717) is 0 Å². The van der Waals surface area contributed by atoms with Gasteiger partial charge in [-0.2, -0.15) is 0 Å². The maximum atomic E-state index is 9.05. The number of aliphatic hydroxyl groups excluding tert-OH is 2. The molecule has 0 heterocycles. The fourth-order valence-corrected chi connectivity index (χ4v) is 3.79. The summed E-state index contributed by atoms with van der Waals surface area (Å²) in [5.41, 5.74) is 6.30. The molecular formula is C24H49NO2. The number of hydrogen-bond donors (Lipinski definition) is 3. The third-order valence-electron chi connectivity index (χ3n) is 5.60. The van der Waals surface area contributed by atoms with E-state index in [1.54, 1.807) is 0 Å². The second-order valence-electron chi connectivity index (χ2n) is 8.35. The minimum absolute atomic E-state index is 0.190. The van der Waals surface area contributed by atoms with E-state index < -0.39 is 0 Å². The van der Waals surface area contributed by atoms with E-state index in [-0.39, 0.29) is 18.8 Å². The lowest BCUT2D eigenvalue weighted by atomic mass is 9.84. The predicted octanol–water partition coefficient (Wildman–Crippen LogP) is 6.27. The molecule has 0 amide bonds. The van der Waals surface area contributed by atoms with Gasteiger partial charge in [-0.25, -0.2) is 0 Å². The Hall–Kier alpha value is -0.380. The van der Waals surface area contributed by atoms with Crippen LogP contribution in [0.4, 0.5) is 0 Å². The summed E-state index contributed by atoms with van der Waals surface area (Å²) in [7, 11) is 0. The Bertz CT molecular complexity index is 310. The van der Waals surface area contributed by atoms with E-state index >= 15 is 0 Å². The van der Waals surface area contributed by atoms with Crippen molar-refractivity contribution in [2.75, 3.05) is 13.2 Å². The second kappa shape index (κ2) is 20.4. The van der Waals surface area contributed by atoms with Crippen LogP contribution in [0.5, 0.6) is 0 Å². The first-order valence-electron chi connectivity index (χ1n) is 11.8. The molecule has 0 aliphatic rings. The molecule has 4 N–H and O–H groups in total. The molecule has 3 nitrogen and oxygen atoms in total. The summed E-state index contributed by atoms with van der Waals surface area (Å²) in [6, 6.07) is 0. The van der Waals surface area contributed by atoms with Crippen molar-refractivity contribution in [2.24, 2.45) is 5.73 Å². The molecule has 162 valence electrons. The van der Waals surface area contributed by atoms with E-state index in [1.807, 2.05) is 0 Å². The van der Waals surface area contributed by atoms with Crippen LogP contribution in [-0.4, -0.2) is 29.0 Å². The summed E-state index contributed by atoms with van der Waals surface area (Å²) >= 11 is 0. The SMILES string of the molecule is CCCCCCCC/C=C\CCCCCCCC(N)(CCCO)CCCO. The highest BCUT2D eigenvalue weighted by Gasteiger charge is 2.23. The summed E-state index contributed by atoms with van der Waals surface area (Å²) in [4.78, 5) is 0. The minimum atomic E-state index is -0.190. The van der Waals surface area contributed by atoms with Gasteiger partial charge in [0.1, 0.15) is 0 Å². The van der Waals surface area contributed by atoms with Crippen molar-refractivity contribution in [1.29, 1.82) is 0 Å². The molecule has 0 atom stereocenters. The lowest BCUT2D eigenvalue weighted by Crippen LogP contribution is -2.40. The van der Waals surface area contributed by atoms with Crippen LogP contribution in [0, 0.1) is 0 Å². The van der Waals surface area contributed by atoms with Crippen LogP contribution in [0.1, 0.15) is 122 Å². The molecule has 0 unspecified atom stereocenters. The maximum absolute atomic E-state index is 9.05. The molecule has 0 bridgehead atoms. The van der Waals surface area contributed by atoms with Gasteiger partial charge in [-0.05, 0) is 57.8 Å². The molecule has 3 heteroatoms. The van der Waals surface area contributed by atoms with Gasteiger partial charge in [-0.15, -0.1) is 0 Å². The van der Waals surface area contributed by atoms with E-state index in [0.717, 1.165) is 32.1 Å². The second-order valence-corrected chi connectivity index (χ2v) is 8.35. The fraction of sp³-hybridized carbons (Fsp3) is 0.917. The number of rotatable bonds is 21. The molecule has 0 fully saturated rings. The van der Waals surface area contributed by atoms with Crippen LogP contribution in [0.25, 0.3) is 0 Å². The molecule has 0 rings (SSSR count). The molecule has 0 aliphatic carbocycles. The first-order valence-corrected chi connectivity index (χ1v) is 11.8. The average Bonchev–Trinajstić information content (AvgIpc) is 2.68. The molecule has 0 spiro atoms. The highest BCUT2D eigenvalue weighted by molar-refractivity contribution is 4.84. The van der Waals surface area contributed by atoms with Crippen molar-refractivity contribution in [3.63, 3.8) is 0 Å². The number of unbranched alkanes of at least 4 members (excludes halogenated alkanes) is 11. The Kier molecular flexibility index (Phi) is 20.1. The molecule has 0 saturated heterocycles. The molecule has 0 radical (unpaired) electrons. The number of aliphatic hydroxyl groups is 2. The number of allylic oxidation sites excluding steroid dienone is 2. The predicted molar refractivity (Wildman–Crippen MR) is 119 cm³/mol. The van der Waals surface area contributed by atoms with Gasteiger partial charge in [0.2, 0.25) is 0 Å². The van der Waals surface area contributed by atoms with Crippen molar-refractivity contribution in [2.45, 2.75) is 128 Å². The first kappa shape index (κ1) is 26.6. The topological polar surface area (TPSA) is 66.5 Å². The molecular weight excluding hydrogens is 334 g/mol. The lowest BCUT2D eigenvalue weighted by molar-refractivity contribution is 0.222. The van der Waals surface area contributed by atoms with Gasteiger partial charge in [0.15, 0.2) is 0 Å². The largest absolute Gasteiger partial charge is 0.396 e. The zero-order chi connectivity index (χ0) is 20.1. The highest BCUT2D eigenvalue weighted by Crippen LogP contribution is 2.24. The maximum Gasteiger partial charge on any atom is 0.0431 e. The van der Waals surface area contributed by atoms with Gasteiger partial charge >= 0.3 is 0 Å². The molecule has 0 aromatic heterocycles. The molecule has 0 aromatic carbocycles. The van der Waals surface area contributed by atoms with Gasteiger partial charge < -0.3 is 15.9 Å². The third kappa shape index (κ3) is 18.7. The van der Waals surface area contributed by atoms with Crippen LogP contribution in [0.2, 0.25) is 0 Å². The summed E-state index contributed by atoms with van der Waals surface area (Å²) in [5.74, 6) is 0. The van der Waals surface area contributed by atoms with E-state index in [2.05, 4.69) is 19.1 Å². The number of hydrogen-bond acceptors (Lipinski definition) is 3. The Morgan fingerprint density at radius 2 is 1.00 bits per heavy atom. The molecule has 0 aliphatic heterocycles. The number of nitrogens with two attached hydrogens (primary N) is 1. The normalized spacial score (nSPS) is 12.3. The van der Waals surface area contributed by atoms with Crippen molar-refractivity contribution >= 4 is 0 Å². The summed E-state index contributed by atoms with van der Waals surface area (Å²) in [5, 5.41) is 18.1. The van der Waals surface area contributed by atoms with Gasteiger partial charge in [-0.3, -0.25) is 0 Å². The Morgan fingerprint density at radius 1 is 0.593 bits per heavy atom. The summed E-state index contributed by atoms with van der Waals surface area (Å²) < 4.78 is 0. The van der Waals surface area contributed by atoms with E-state index in [1.165, 1.54) is 83.5 Å². The van der Waals surface area contributed by atoms with Crippen LogP contribution in [0.15, 0.2) is 12.2 Å². The molecule has 0 aromatic rings. The highest BCUT2D eigenvalue weighted by atomic mass is 16.3. The molecule has 27 heavy (non-hydrogen) atoms. The van der Waals surface area contributed by atoms with E-state index in [4.69, 9.17) is 15.9 Å². The van der Waals surface area contributed by atoms with E-state index in [9.17, 15) is 0 Å². The van der Waals surface area contributed by atoms with Gasteiger partial charge in [-0.1, -0.05) is 76.9 Å². The van der Waals surface area contributed by atoms with Crippen molar-refractivity contribution in [3.05, 3.63) is 12.2 Å². The van der Waals surface area contributed by atoms with Gasteiger partial charge in [0, 0.05) is 18.8 Å². The zero-order valence-electron chi connectivity index (χ0n) is 18.3. The zero-order valence-corrected chi connectivity index (χ0v) is 18.3. The van der Waals surface area contributed by atoms with Crippen molar-refractivity contribution in [1.82, 2.24) is 0 Å².